The van der Waals surface area contributed by atoms with Crippen LogP contribution in [0.3, 0.4) is 0 Å². The Labute approximate surface area is 88.6 Å². The molecule has 0 aromatic carbocycles. The summed E-state index contributed by atoms with van der Waals surface area (Å²) in [6, 6.07) is 0. The van der Waals surface area contributed by atoms with E-state index in [2.05, 4.69) is 56.9 Å². The van der Waals surface area contributed by atoms with Crippen LogP contribution in [0.25, 0.3) is 0 Å². The zero-order valence-electron chi connectivity index (χ0n) is 10.2. The standard InChI is InChI=1S/C12H24N2/c1-6-7-8-14-10-9-13(5)11(14)12(2,3)4/h9-11H,6-8H2,1-5H3. The topological polar surface area (TPSA) is 6.48 Å². The zero-order valence-corrected chi connectivity index (χ0v) is 10.2. The Hall–Kier alpha value is -0.660. The average molecular weight is 196 g/mol. The lowest BCUT2D eigenvalue weighted by Gasteiger charge is -2.40. The van der Waals surface area contributed by atoms with Gasteiger partial charge in [-0.15, -0.1) is 0 Å². The van der Waals surface area contributed by atoms with E-state index in [0.717, 1.165) is 0 Å². The average Bonchev–Trinajstić information content (AvgIpc) is 2.42. The maximum atomic E-state index is 2.46. The fraction of sp³-hybridized carbons (Fsp3) is 0.833. The fourth-order valence-electron chi connectivity index (χ4n) is 2.23. The molecule has 2 nitrogen and oxygen atoms in total. The molecule has 0 N–H and O–H groups in total. The van der Waals surface area contributed by atoms with E-state index in [-0.39, 0.29) is 0 Å². The fourth-order valence-corrected chi connectivity index (χ4v) is 2.23. The maximum Gasteiger partial charge on any atom is 0.105 e. The van der Waals surface area contributed by atoms with E-state index >= 15 is 0 Å². The molecule has 0 bridgehead atoms. The van der Waals surface area contributed by atoms with Crippen LogP contribution in [-0.4, -0.2) is 29.6 Å². The first-order valence-electron chi connectivity index (χ1n) is 5.63. The molecule has 1 atom stereocenters. The lowest BCUT2D eigenvalue weighted by molar-refractivity contribution is 0.0648. The lowest BCUT2D eigenvalue weighted by Crippen LogP contribution is -2.46. The van der Waals surface area contributed by atoms with E-state index in [1.165, 1.54) is 19.4 Å². The predicted octanol–water partition coefficient (Wildman–Crippen LogP) is 2.88. The van der Waals surface area contributed by atoms with Gasteiger partial charge in [-0.1, -0.05) is 34.1 Å². The van der Waals surface area contributed by atoms with Gasteiger partial charge >= 0.3 is 0 Å². The summed E-state index contributed by atoms with van der Waals surface area (Å²) >= 11 is 0. The number of hydrogen-bond acceptors (Lipinski definition) is 2. The highest BCUT2D eigenvalue weighted by molar-refractivity contribution is 4.99. The van der Waals surface area contributed by atoms with Crippen LogP contribution < -0.4 is 0 Å². The van der Waals surface area contributed by atoms with Gasteiger partial charge in [-0.05, 0) is 6.42 Å². The first-order valence-corrected chi connectivity index (χ1v) is 5.63. The minimum Gasteiger partial charge on any atom is -0.359 e. The molecule has 1 unspecified atom stereocenters. The zero-order chi connectivity index (χ0) is 10.8. The van der Waals surface area contributed by atoms with Crippen molar-refractivity contribution in [1.29, 1.82) is 0 Å². The van der Waals surface area contributed by atoms with Gasteiger partial charge in [-0.25, -0.2) is 0 Å². The van der Waals surface area contributed by atoms with Crippen molar-refractivity contribution in [2.75, 3.05) is 13.6 Å². The van der Waals surface area contributed by atoms with Crippen molar-refractivity contribution in [3.8, 4) is 0 Å². The normalized spacial score (nSPS) is 22.2. The Kier molecular flexibility index (Phi) is 3.46. The summed E-state index contributed by atoms with van der Waals surface area (Å²) in [4.78, 5) is 4.78. The van der Waals surface area contributed by atoms with Crippen LogP contribution in [0, 0.1) is 5.41 Å². The second-order valence-electron chi connectivity index (χ2n) is 5.29. The summed E-state index contributed by atoms with van der Waals surface area (Å²) < 4.78 is 0. The van der Waals surface area contributed by atoms with Crippen LogP contribution in [0.2, 0.25) is 0 Å². The number of unbranched alkanes of at least 4 members (excludes halogenated alkanes) is 1. The Balaban J connectivity index is 2.62. The molecule has 1 rings (SSSR count). The van der Waals surface area contributed by atoms with E-state index in [9.17, 15) is 0 Å². The summed E-state index contributed by atoms with van der Waals surface area (Å²) in [7, 11) is 2.17. The molecule has 14 heavy (non-hydrogen) atoms. The van der Waals surface area contributed by atoms with Crippen molar-refractivity contribution in [1.82, 2.24) is 9.80 Å². The summed E-state index contributed by atoms with van der Waals surface area (Å²) in [5.41, 5.74) is 0.311. The minimum absolute atomic E-state index is 0.311. The van der Waals surface area contributed by atoms with E-state index in [0.29, 0.717) is 11.6 Å². The molecule has 0 aromatic heterocycles. The van der Waals surface area contributed by atoms with Crippen LogP contribution in [0.5, 0.6) is 0 Å². The number of nitrogens with zero attached hydrogens (tertiary/aromatic N) is 2. The molecule has 1 heterocycles. The SMILES string of the molecule is CCCCN1C=CN(C)C1C(C)(C)C. The van der Waals surface area contributed by atoms with Gasteiger partial charge in [0.1, 0.15) is 6.17 Å². The third-order valence-electron chi connectivity index (χ3n) is 2.74. The third-order valence-corrected chi connectivity index (χ3v) is 2.74. The molecule has 0 amide bonds. The van der Waals surface area contributed by atoms with Crippen molar-refractivity contribution >= 4 is 0 Å². The molecule has 0 aromatic rings. The Morgan fingerprint density at radius 3 is 2.36 bits per heavy atom. The highest BCUT2D eigenvalue weighted by Crippen LogP contribution is 2.30. The smallest absolute Gasteiger partial charge is 0.105 e. The van der Waals surface area contributed by atoms with Crippen molar-refractivity contribution in [3.63, 3.8) is 0 Å². The molecule has 0 aliphatic carbocycles. The van der Waals surface area contributed by atoms with Gasteiger partial charge in [0.05, 0.1) is 0 Å². The van der Waals surface area contributed by atoms with Crippen LogP contribution in [0.15, 0.2) is 12.4 Å². The van der Waals surface area contributed by atoms with Gasteiger partial charge < -0.3 is 9.80 Å². The molecule has 0 saturated carbocycles. The Bertz CT molecular complexity index is 203. The molecule has 1 aliphatic heterocycles. The number of hydrogen-bond donors (Lipinski definition) is 0. The molecule has 0 radical (unpaired) electrons. The first kappa shape index (κ1) is 11.4. The predicted molar refractivity (Wildman–Crippen MR) is 61.8 cm³/mol. The summed E-state index contributed by atoms with van der Waals surface area (Å²) in [6.07, 6.45) is 7.49. The van der Waals surface area contributed by atoms with Gasteiger partial charge in [0.2, 0.25) is 0 Å². The number of rotatable bonds is 3. The van der Waals surface area contributed by atoms with Crippen LogP contribution >= 0.6 is 0 Å². The van der Waals surface area contributed by atoms with Crippen LogP contribution in [-0.2, 0) is 0 Å². The summed E-state index contributed by atoms with van der Waals surface area (Å²) in [5, 5.41) is 0. The molecule has 1 aliphatic rings. The second-order valence-corrected chi connectivity index (χ2v) is 5.29. The summed E-state index contributed by atoms with van der Waals surface area (Å²) in [5.74, 6) is 0. The molecule has 0 spiro atoms. The van der Waals surface area contributed by atoms with E-state index < -0.39 is 0 Å². The highest BCUT2D eigenvalue weighted by atomic mass is 15.4. The quantitative estimate of drug-likeness (QED) is 0.685. The third kappa shape index (κ3) is 2.43. The van der Waals surface area contributed by atoms with Crippen molar-refractivity contribution in [2.45, 2.75) is 46.7 Å². The maximum absolute atomic E-state index is 2.46. The molecule has 0 fully saturated rings. The second kappa shape index (κ2) is 4.24. The van der Waals surface area contributed by atoms with Gasteiger partial charge in [-0.2, -0.15) is 0 Å². The minimum atomic E-state index is 0.311. The van der Waals surface area contributed by atoms with Gasteiger partial charge in [0, 0.05) is 31.4 Å². The van der Waals surface area contributed by atoms with Crippen LogP contribution in [0.1, 0.15) is 40.5 Å². The van der Waals surface area contributed by atoms with Crippen molar-refractivity contribution in [2.24, 2.45) is 5.41 Å². The van der Waals surface area contributed by atoms with E-state index in [1.54, 1.807) is 0 Å². The van der Waals surface area contributed by atoms with E-state index in [1.807, 2.05) is 0 Å². The summed E-state index contributed by atoms with van der Waals surface area (Å²) in [6.45, 7) is 10.3. The largest absolute Gasteiger partial charge is 0.359 e. The molecule has 2 heteroatoms. The van der Waals surface area contributed by atoms with Gasteiger partial charge in [0.15, 0.2) is 0 Å². The van der Waals surface area contributed by atoms with Crippen molar-refractivity contribution in [3.05, 3.63) is 12.4 Å². The van der Waals surface area contributed by atoms with E-state index in [4.69, 9.17) is 0 Å². The molecular weight excluding hydrogens is 172 g/mol. The van der Waals surface area contributed by atoms with Crippen LogP contribution in [0.4, 0.5) is 0 Å². The Morgan fingerprint density at radius 1 is 1.21 bits per heavy atom. The monoisotopic (exact) mass is 196 g/mol. The molecule has 0 saturated heterocycles. The molecular formula is C12H24N2. The molecule has 82 valence electrons. The Morgan fingerprint density at radius 2 is 1.86 bits per heavy atom. The van der Waals surface area contributed by atoms with Gasteiger partial charge in [-0.3, -0.25) is 0 Å². The first-order chi connectivity index (χ1) is 6.46. The lowest BCUT2D eigenvalue weighted by atomic mass is 9.91. The van der Waals surface area contributed by atoms with Crippen molar-refractivity contribution < 1.29 is 0 Å². The van der Waals surface area contributed by atoms with Gasteiger partial charge in [0.25, 0.3) is 0 Å². The highest BCUT2D eigenvalue weighted by Gasteiger charge is 2.33.